The van der Waals surface area contributed by atoms with Crippen LogP contribution in [0.1, 0.15) is 18.2 Å². The summed E-state index contributed by atoms with van der Waals surface area (Å²) < 4.78 is 6.00. The number of hydrogen-bond acceptors (Lipinski definition) is 2. The first-order chi connectivity index (χ1) is 11.6. The van der Waals surface area contributed by atoms with Crippen molar-refractivity contribution in [3.63, 3.8) is 0 Å². The first-order valence-corrected chi connectivity index (χ1v) is 8.58. The highest BCUT2D eigenvalue weighted by Crippen LogP contribution is 2.24. The number of likely N-dealkylation sites (N-methyl/N-ethyl adjacent to an activating group) is 1. The molecule has 0 radical (unpaired) electrons. The van der Waals surface area contributed by atoms with E-state index in [0.29, 0.717) is 6.04 Å². The quantitative estimate of drug-likeness (QED) is 0.576. The molecule has 0 aliphatic carbocycles. The van der Waals surface area contributed by atoms with Gasteiger partial charge in [0.2, 0.25) is 0 Å². The van der Waals surface area contributed by atoms with Gasteiger partial charge in [0.1, 0.15) is 11.5 Å². The molecule has 0 aliphatic rings. The number of hydrogen-bond donors (Lipinski definition) is 0. The normalized spacial score (nSPS) is 12.5. The molecule has 2 aromatic carbocycles. The molecule has 3 heteroatoms. The van der Waals surface area contributed by atoms with E-state index < -0.39 is 0 Å². The molecule has 0 fully saturated rings. The lowest BCUT2D eigenvalue weighted by Gasteiger charge is -2.23. The molecule has 2 nitrogen and oxygen atoms in total. The van der Waals surface area contributed by atoms with Gasteiger partial charge in [0.15, 0.2) is 0 Å². The summed E-state index contributed by atoms with van der Waals surface area (Å²) in [6.07, 6.45) is 1.03. The predicted molar refractivity (Wildman–Crippen MR) is 100 cm³/mol. The van der Waals surface area contributed by atoms with Crippen LogP contribution in [-0.2, 0) is 13.0 Å². The van der Waals surface area contributed by atoms with Crippen LogP contribution in [0, 0.1) is 0 Å². The second-order valence-electron chi connectivity index (χ2n) is 6.23. The fourth-order valence-electron chi connectivity index (χ4n) is 2.74. The molecular weight excluding hydrogens is 318 g/mol. The van der Waals surface area contributed by atoms with Crippen LogP contribution in [0.5, 0.6) is 0 Å². The first-order valence-electron chi connectivity index (χ1n) is 8.20. The van der Waals surface area contributed by atoms with Gasteiger partial charge >= 0.3 is 0 Å². The fourth-order valence-corrected chi connectivity index (χ4v) is 2.87. The van der Waals surface area contributed by atoms with Crippen molar-refractivity contribution < 1.29 is 4.42 Å². The standard InChI is InChI=1S/C21H22ClNO/c1-16(14-17-6-4-3-5-7-17)23(2)15-20-12-13-21(24-20)18-8-10-19(22)11-9-18/h3-13,16H,14-15H2,1-2H3/t16-/m1/s1. The minimum atomic E-state index is 0.441. The second kappa shape index (κ2) is 7.69. The zero-order valence-electron chi connectivity index (χ0n) is 14.1. The SMILES string of the molecule is C[C@H](Cc1ccccc1)N(C)Cc1ccc(-c2ccc(Cl)cc2)o1. The molecule has 0 bridgehead atoms. The molecule has 3 rings (SSSR count). The summed E-state index contributed by atoms with van der Waals surface area (Å²) in [6.45, 7) is 3.04. The Bertz CT molecular complexity index is 764. The molecular formula is C21H22ClNO. The Balaban J connectivity index is 1.62. The van der Waals surface area contributed by atoms with Crippen molar-refractivity contribution in [2.24, 2.45) is 0 Å². The Hall–Kier alpha value is -2.03. The van der Waals surface area contributed by atoms with Crippen LogP contribution >= 0.6 is 11.6 Å². The molecule has 1 atom stereocenters. The topological polar surface area (TPSA) is 16.4 Å². The van der Waals surface area contributed by atoms with Crippen LogP contribution in [0.25, 0.3) is 11.3 Å². The van der Waals surface area contributed by atoms with E-state index in [9.17, 15) is 0 Å². The van der Waals surface area contributed by atoms with Crippen LogP contribution < -0.4 is 0 Å². The van der Waals surface area contributed by atoms with Crippen molar-refractivity contribution in [2.75, 3.05) is 7.05 Å². The average molecular weight is 340 g/mol. The molecule has 0 aliphatic heterocycles. The van der Waals surface area contributed by atoms with Gasteiger partial charge < -0.3 is 4.42 Å². The summed E-state index contributed by atoms with van der Waals surface area (Å²) in [7, 11) is 2.14. The zero-order chi connectivity index (χ0) is 16.9. The first kappa shape index (κ1) is 16.8. The van der Waals surface area contributed by atoms with E-state index in [2.05, 4.69) is 55.3 Å². The Kier molecular flexibility index (Phi) is 5.39. The lowest BCUT2D eigenvalue weighted by Crippen LogP contribution is -2.30. The van der Waals surface area contributed by atoms with Crippen LogP contribution in [-0.4, -0.2) is 18.0 Å². The number of furan rings is 1. The van der Waals surface area contributed by atoms with Crippen molar-refractivity contribution in [3.8, 4) is 11.3 Å². The van der Waals surface area contributed by atoms with Crippen molar-refractivity contribution in [3.05, 3.63) is 83.1 Å². The maximum Gasteiger partial charge on any atom is 0.134 e. The van der Waals surface area contributed by atoms with Gasteiger partial charge in [0.25, 0.3) is 0 Å². The zero-order valence-corrected chi connectivity index (χ0v) is 14.8. The maximum absolute atomic E-state index is 6.00. The fraction of sp³-hybridized carbons (Fsp3) is 0.238. The van der Waals surface area contributed by atoms with E-state index in [1.807, 2.05) is 30.3 Å². The molecule has 0 unspecified atom stereocenters. The smallest absolute Gasteiger partial charge is 0.134 e. The van der Waals surface area contributed by atoms with E-state index in [1.54, 1.807) is 0 Å². The van der Waals surface area contributed by atoms with Gasteiger partial charge in [0.05, 0.1) is 6.54 Å². The van der Waals surface area contributed by atoms with Gasteiger partial charge in [-0.3, -0.25) is 4.90 Å². The molecule has 24 heavy (non-hydrogen) atoms. The molecule has 0 saturated carbocycles. The minimum Gasteiger partial charge on any atom is -0.460 e. The van der Waals surface area contributed by atoms with Crippen LogP contribution in [0.4, 0.5) is 0 Å². The van der Waals surface area contributed by atoms with E-state index >= 15 is 0 Å². The summed E-state index contributed by atoms with van der Waals surface area (Å²) in [4.78, 5) is 2.32. The van der Waals surface area contributed by atoms with Gasteiger partial charge in [-0.25, -0.2) is 0 Å². The summed E-state index contributed by atoms with van der Waals surface area (Å²) in [5.74, 6) is 1.85. The van der Waals surface area contributed by atoms with Crippen molar-refractivity contribution in [2.45, 2.75) is 25.9 Å². The van der Waals surface area contributed by atoms with Gasteiger partial charge in [-0.1, -0.05) is 41.9 Å². The summed E-state index contributed by atoms with van der Waals surface area (Å²) >= 11 is 5.94. The predicted octanol–water partition coefficient (Wildman–Crippen LogP) is 5.66. The van der Waals surface area contributed by atoms with E-state index in [0.717, 1.165) is 35.1 Å². The molecule has 3 aromatic rings. The molecule has 0 spiro atoms. The van der Waals surface area contributed by atoms with E-state index in [4.69, 9.17) is 16.0 Å². The summed E-state index contributed by atoms with van der Waals surface area (Å²) in [6, 6.07) is 22.8. The summed E-state index contributed by atoms with van der Waals surface area (Å²) in [5.41, 5.74) is 2.41. The Morgan fingerprint density at radius 2 is 1.67 bits per heavy atom. The third kappa shape index (κ3) is 4.28. The van der Waals surface area contributed by atoms with Gasteiger partial charge in [-0.15, -0.1) is 0 Å². The van der Waals surface area contributed by atoms with Crippen molar-refractivity contribution in [1.82, 2.24) is 4.90 Å². The Morgan fingerprint density at radius 1 is 0.958 bits per heavy atom. The van der Waals surface area contributed by atoms with Crippen molar-refractivity contribution in [1.29, 1.82) is 0 Å². The third-order valence-electron chi connectivity index (χ3n) is 4.32. The number of rotatable bonds is 6. The van der Waals surface area contributed by atoms with Gasteiger partial charge in [0, 0.05) is 16.6 Å². The number of halogens is 1. The van der Waals surface area contributed by atoms with Crippen LogP contribution in [0.2, 0.25) is 5.02 Å². The van der Waals surface area contributed by atoms with E-state index in [-0.39, 0.29) is 0 Å². The van der Waals surface area contributed by atoms with Gasteiger partial charge in [-0.2, -0.15) is 0 Å². The average Bonchev–Trinajstić information content (AvgIpc) is 3.05. The Labute approximate surface area is 148 Å². The highest BCUT2D eigenvalue weighted by molar-refractivity contribution is 6.30. The minimum absolute atomic E-state index is 0.441. The Morgan fingerprint density at radius 3 is 2.38 bits per heavy atom. The lowest BCUT2D eigenvalue weighted by atomic mass is 10.1. The monoisotopic (exact) mass is 339 g/mol. The second-order valence-corrected chi connectivity index (χ2v) is 6.66. The molecule has 1 aromatic heterocycles. The number of benzene rings is 2. The highest BCUT2D eigenvalue weighted by atomic mass is 35.5. The summed E-state index contributed by atoms with van der Waals surface area (Å²) in [5, 5.41) is 0.736. The molecule has 1 heterocycles. The molecule has 0 amide bonds. The lowest BCUT2D eigenvalue weighted by molar-refractivity contribution is 0.229. The van der Waals surface area contributed by atoms with Crippen LogP contribution in [0.3, 0.4) is 0 Å². The van der Waals surface area contributed by atoms with Crippen molar-refractivity contribution >= 4 is 11.6 Å². The van der Waals surface area contributed by atoms with Gasteiger partial charge in [-0.05, 0) is 62.4 Å². The maximum atomic E-state index is 6.00. The van der Waals surface area contributed by atoms with Crippen LogP contribution in [0.15, 0.2) is 71.1 Å². The van der Waals surface area contributed by atoms with E-state index in [1.165, 1.54) is 5.56 Å². The highest BCUT2D eigenvalue weighted by Gasteiger charge is 2.13. The largest absolute Gasteiger partial charge is 0.460 e. The molecule has 0 saturated heterocycles. The molecule has 0 N–H and O–H groups in total. The molecule has 124 valence electrons. The number of nitrogens with zero attached hydrogens (tertiary/aromatic N) is 1. The third-order valence-corrected chi connectivity index (χ3v) is 4.57.